The standard InChI is InChI=1S/C30H22F3N5O3S/c1-18(35-36-23-13-11-19(12-14-23)28(39)40)20-5-2-8-24(15-20)34-29-38-37-27(42-29)21-6-3-9-25(16-21)41-26-10-4-7-22(17-26)30(31,32)33/h2-17,36H,1H3,(H,34,38)(H,39,40). The summed E-state index contributed by atoms with van der Waals surface area (Å²) in [7, 11) is 0. The molecule has 8 nitrogen and oxygen atoms in total. The monoisotopic (exact) mass is 589 g/mol. The van der Waals surface area contributed by atoms with Crippen molar-refractivity contribution in [1.29, 1.82) is 0 Å². The topological polar surface area (TPSA) is 109 Å². The summed E-state index contributed by atoms with van der Waals surface area (Å²) in [5.74, 6) is -0.554. The SMILES string of the molecule is CC(=NNc1ccc(C(=O)O)cc1)c1cccc(Nc2nnc(-c3cccc(Oc4cccc(C(F)(F)F)c4)c3)s2)c1. The number of halogens is 3. The number of rotatable bonds is 9. The molecule has 42 heavy (non-hydrogen) atoms. The number of carbonyl (C=O) groups is 1. The molecule has 0 spiro atoms. The van der Waals surface area contributed by atoms with Crippen LogP contribution in [0.15, 0.2) is 102 Å². The highest BCUT2D eigenvalue weighted by Gasteiger charge is 2.30. The van der Waals surface area contributed by atoms with Gasteiger partial charge in [-0.2, -0.15) is 18.3 Å². The Labute approximate surface area is 242 Å². The third kappa shape index (κ3) is 7.09. The summed E-state index contributed by atoms with van der Waals surface area (Å²) in [6, 6.07) is 25.4. The van der Waals surface area contributed by atoms with Crippen LogP contribution in [-0.4, -0.2) is 27.0 Å². The lowest BCUT2D eigenvalue weighted by Crippen LogP contribution is -2.04. The summed E-state index contributed by atoms with van der Waals surface area (Å²) in [6.45, 7) is 1.84. The van der Waals surface area contributed by atoms with Gasteiger partial charge in [-0.05, 0) is 79.2 Å². The number of nitrogens with one attached hydrogen (secondary N) is 2. The zero-order chi connectivity index (χ0) is 29.7. The Morgan fingerprint density at radius 2 is 1.57 bits per heavy atom. The summed E-state index contributed by atoms with van der Waals surface area (Å²) < 4.78 is 44.8. The maximum atomic E-state index is 13.0. The van der Waals surface area contributed by atoms with Crippen molar-refractivity contribution in [2.45, 2.75) is 13.1 Å². The minimum Gasteiger partial charge on any atom is -0.478 e. The van der Waals surface area contributed by atoms with E-state index in [1.54, 1.807) is 30.3 Å². The van der Waals surface area contributed by atoms with Crippen LogP contribution in [0.3, 0.4) is 0 Å². The van der Waals surface area contributed by atoms with E-state index in [2.05, 4.69) is 26.0 Å². The molecule has 5 rings (SSSR count). The van der Waals surface area contributed by atoms with Crippen molar-refractivity contribution in [3.05, 3.63) is 114 Å². The van der Waals surface area contributed by atoms with Crippen LogP contribution in [0, 0.1) is 0 Å². The molecule has 0 amide bonds. The minimum absolute atomic E-state index is 0.0756. The number of hydrogen-bond donors (Lipinski definition) is 3. The first-order chi connectivity index (χ1) is 20.1. The van der Waals surface area contributed by atoms with Crippen LogP contribution in [0.25, 0.3) is 10.6 Å². The van der Waals surface area contributed by atoms with Crippen molar-refractivity contribution in [2.24, 2.45) is 5.10 Å². The summed E-state index contributed by atoms with van der Waals surface area (Å²) in [4.78, 5) is 11.0. The van der Waals surface area contributed by atoms with Gasteiger partial charge in [-0.1, -0.05) is 41.7 Å². The number of aromatic carboxylic acids is 1. The third-order valence-electron chi connectivity index (χ3n) is 5.92. The highest BCUT2D eigenvalue weighted by atomic mass is 32.1. The lowest BCUT2D eigenvalue weighted by atomic mass is 10.1. The largest absolute Gasteiger partial charge is 0.478 e. The van der Waals surface area contributed by atoms with Gasteiger partial charge in [0.2, 0.25) is 5.13 Å². The van der Waals surface area contributed by atoms with Crippen molar-refractivity contribution in [2.75, 3.05) is 10.7 Å². The van der Waals surface area contributed by atoms with E-state index >= 15 is 0 Å². The van der Waals surface area contributed by atoms with E-state index in [0.29, 0.717) is 32.9 Å². The van der Waals surface area contributed by atoms with Crippen LogP contribution in [0.1, 0.15) is 28.4 Å². The smallest absolute Gasteiger partial charge is 0.416 e. The summed E-state index contributed by atoms with van der Waals surface area (Å²) in [6.07, 6.45) is -4.46. The number of carboxylic acid groups (broad SMARTS) is 1. The van der Waals surface area contributed by atoms with E-state index in [1.165, 1.54) is 35.6 Å². The van der Waals surface area contributed by atoms with E-state index in [9.17, 15) is 18.0 Å². The molecule has 0 saturated heterocycles. The molecule has 0 radical (unpaired) electrons. The minimum atomic E-state index is -4.46. The fourth-order valence-electron chi connectivity index (χ4n) is 3.80. The average molecular weight is 590 g/mol. The van der Waals surface area contributed by atoms with Gasteiger partial charge in [0, 0.05) is 11.3 Å². The van der Waals surface area contributed by atoms with E-state index in [0.717, 1.165) is 23.4 Å². The second-order valence-electron chi connectivity index (χ2n) is 8.97. The normalized spacial score (nSPS) is 11.7. The van der Waals surface area contributed by atoms with E-state index < -0.39 is 17.7 Å². The Hall–Kier alpha value is -5.23. The van der Waals surface area contributed by atoms with Crippen LogP contribution >= 0.6 is 11.3 Å². The zero-order valence-corrected chi connectivity index (χ0v) is 22.7. The molecule has 3 N–H and O–H groups in total. The molecule has 212 valence electrons. The molecule has 1 heterocycles. The number of hydrogen-bond acceptors (Lipinski definition) is 8. The van der Waals surface area contributed by atoms with Gasteiger partial charge in [0.15, 0.2) is 0 Å². The van der Waals surface area contributed by atoms with Crippen LogP contribution in [0.2, 0.25) is 0 Å². The fourth-order valence-corrected chi connectivity index (χ4v) is 4.56. The fraction of sp³-hybridized carbons (Fsp3) is 0.0667. The Bertz CT molecular complexity index is 1750. The number of carboxylic acids is 1. The molecule has 0 fully saturated rings. The van der Waals surface area contributed by atoms with Gasteiger partial charge < -0.3 is 15.2 Å². The van der Waals surface area contributed by atoms with Crippen molar-refractivity contribution >= 4 is 39.5 Å². The van der Waals surface area contributed by atoms with Crippen LogP contribution in [0.4, 0.5) is 29.7 Å². The number of benzene rings is 4. The van der Waals surface area contributed by atoms with Gasteiger partial charge >= 0.3 is 12.1 Å². The van der Waals surface area contributed by atoms with Gasteiger partial charge in [0.25, 0.3) is 0 Å². The molecule has 4 aromatic carbocycles. The lowest BCUT2D eigenvalue weighted by molar-refractivity contribution is -0.137. The maximum Gasteiger partial charge on any atom is 0.416 e. The zero-order valence-electron chi connectivity index (χ0n) is 21.9. The number of anilines is 3. The van der Waals surface area contributed by atoms with Gasteiger partial charge in [-0.3, -0.25) is 5.43 Å². The Morgan fingerprint density at radius 3 is 2.31 bits per heavy atom. The van der Waals surface area contributed by atoms with Gasteiger partial charge in [-0.15, -0.1) is 10.2 Å². The van der Waals surface area contributed by atoms with Crippen molar-refractivity contribution in [3.63, 3.8) is 0 Å². The molecule has 0 bridgehead atoms. The second-order valence-corrected chi connectivity index (χ2v) is 9.94. The Morgan fingerprint density at radius 1 is 0.857 bits per heavy atom. The van der Waals surface area contributed by atoms with Crippen LogP contribution < -0.4 is 15.5 Å². The van der Waals surface area contributed by atoms with E-state index in [-0.39, 0.29) is 11.3 Å². The van der Waals surface area contributed by atoms with Crippen molar-refractivity contribution in [3.8, 4) is 22.1 Å². The van der Waals surface area contributed by atoms with E-state index in [4.69, 9.17) is 9.84 Å². The van der Waals surface area contributed by atoms with Gasteiger partial charge in [0.1, 0.15) is 16.5 Å². The first kappa shape index (κ1) is 28.3. The molecule has 0 saturated carbocycles. The molecule has 0 atom stereocenters. The number of ether oxygens (including phenoxy) is 1. The Kier molecular flexibility index (Phi) is 8.16. The van der Waals surface area contributed by atoms with Crippen molar-refractivity contribution in [1.82, 2.24) is 10.2 Å². The molecular formula is C30H22F3N5O3S. The highest BCUT2D eigenvalue weighted by molar-refractivity contribution is 7.18. The first-order valence-electron chi connectivity index (χ1n) is 12.4. The van der Waals surface area contributed by atoms with Gasteiger partial charge in [0.05, 0.1) is 22.5 Å². The average Bonchev–Trinajstić information content (AvgIpc) is 3.44. The molecular weight excluding hydrogens is 567 g/mol. The summed E-state index contributed by atoms with van der Waals surface area (Å²) in [5, 5.41) is 26.2. The number of alkyl halides is 3. The number of nitrogens with zero attached hydrogens (tertiary/aromatic N) is 3. The molecule has 0 aliphatic carbocycles. The third-order valence-corrected chi connectivity index (χ3v) is 6.81. The first-order valence-corrected chi connectivity index (χ1v) is 13.3. The molecule has 5 aromatic rings. The quantitative estimate of drug-likeness (QED) is 0.117. The summed E-state index contributed by atoms with van der Waals surface area (Å²) >= 11 is 1.30. The predicted octanol–water partition coefficient (Wildman–Crippen LogP) is 8.29. The molecule has 0 unspecified atom stereocenters. The van der Waals surface area contributed by atoms with Crippen LogP contribution in [0.5, 0.6) is 11.5 Å². The molecule has 12 heteroatoms. The van der Waals surface area contributed by atoms with Crippen molar-refractivity contribution < 1.29 is 27.8 Å². The number of aromatic nitrogens is 2. The lowest BCUT2D eigenvalue weighted by Gasteiger charge is -2.10. The highest BCUT2D eigenvalue weighted by Crippen LogP contribution is 2.35. The van der Waals surface area contributed by atoms with E-state index in [1.807, 2.05) is 37.3 Å². The molecule has 0 aliphatic rings. The van der Waals surface area contributed by atoms with Crippen LogP contribution in [-0.2, 0) is 6.18 Å². The van der Waals surface area contributed by atoms with Gasteiger partial charge in [-0.25, -0.2) is 4.79 Å². The Balaban J connectivity index is 1.25. The molecule has 0 aliphatic heterocycles. The summed E-state index contributed by atoms with van der Waals surface area (Å²) in [5.41, 5.74) is 5.99. The molecule has 1 aromatic heterocycles. The second kappa shape index (κ2) is 12.1. The predicted molar refractivity (Wildman–Crippen MR) is 156 cm³/mol. The number of hydrazone groups is 1. The maximum absolute atomic E-state index is 13.0.